The van der Waals surface area contributed by atoms with Gasteiger partial charge in [0.1, 0.15) is 6.04 Å². The fourth-order valence-corrected chi connectivity index (χ4v) is 1.93. The molecule has 0 saturated carbocycles. The van der Waals surface area contributed by atoms with Crippen molar-refractivity contribution in [3.8, 4) is 0 Å². The van der Waals surface area contributed by atoms with E-state index in [9.17, 15) is 4.79 Å². The highest BCUT2D eigenvalue weighted by Gasteiger charge is 2.18. The molecule has 0 saturated heterocycles. The van der Waals surface area contributed by atoms with Crippen LogP contribution in [-0.4, -0.2) is 41.1 Å². The molecule has 0 amide bonds. The summed E-state index contributed by atoms with van der Waals surface area (Å²) in [6, 6.07) is 1.74. The molecular formula is C11H16N6O2. The topological polar surface area (TPSA) is 98.7 Å². The molecule has 0 aliphatic rings. The molecule has 2 rings (SSSR count). The van der Waals surface area contributed by atoms with Crippen LogP contribution in [0.4, 0.5) is 0 Å². The molecule has 8 heteroatoms. The van der Waals surface area contributed by atoms with Crippen LogP contribution in [0.15, 0.2) is 18.5 Å². The van der Waals surface area contributed by atoms with E-state index in [1.807, 2.05) is 26.1 Å². The molecule has 2 heterocycles. The van der Waals surface area contributed by atoms with E-state index < -0.39 is 5.97 Å². The zero-order chi connectivity index (χ0) is 13.8. The SMILES string of the molecule is CC(CC(=O)O)Cn1nnnc1C(C)n1cccn1. The van der Waals surface area contributed by atoms with E-state index in [-0.39, 0.29) is 18.4 Å². The van der Waals surface area contributed by atoms with E-state index in [1.165, 1.54) is 0 Å². The summed E-state index contributed by atoms with van der Waals surface area (Å²) in [5.74, 6) is -0.187. The summed E-state index contributed by atoms with van der Waals surface area (Å²) in [6.45, 7) is 4.27. The van der Waals surface area contributed by atoms with Crippen molar-refractivity contribution < 1.29 is 9.90 Å². The van der Waals surface area contributed by atoms with Crippen LogP contribution in [0.3, 0.4) is 0 Å². The molecule has 0 aromatic carbocycles. The van der Waals surface area contributed by atoms with Crippen LogP contribution in [0.1, 0.15) is 32.1 Å². The average molecular weight is 264 g/mol. The number of aromatic nitrogens is 6. The van der Waals surface area contributed by atoms with Gasteiger partial charge in [-0.05, 0) is 29.3 Å². The van der Waals surface area contributed by atoms with Crippen molar-refractivity contribution in [1.82, 2.24) is 30.0 Å². The molecule has 102 valence electrons. The Labute approximate surface area is 110 Å². The number of hydrogen-bond donors (Lipinski definition) is 1. The van der Waals surface area contributed by atoms with Gasteiger partial charge in [-0.2, -0.15) is 5.10 Å². The minimum atomic E-state index is -0.817. The Bertz CT molecular complexity index is 535. The van der Waals surface area contributed by atoms with E-state index in [0.717, 1.165) is 0 Å². The number of carboxylic acid groups (broad SMARTS) is 1. The van der Waals surface area contributed by atoms with E-state index in [0.29, 0.717) is 12.4 Å². The molecule has 2 aromatic heterocycles. The molecule has 2 unspecified atom stereocenters. The standard InChI is InChI=1S/C11H16N6O2/c1-8(6-10(18)19)7-17-11(13-14-15-17)9(2)16-5-3-4-12-16/h3-5,8-9H,6-7H2,1-2H3,(H,18,19). The van der Waals surface area contributed by atoms with Crippen molar-refractivity contribution in [3.63, 3.8) is 0 Å². The summed E-state index contributed by atoms with van der Waals surface area (Å²) in [5.41, 5.74) is 0. The van der Waals surface area contributed by atoms with Crippen LogP contribution >= 0.6 is 0 Å². The smallest absolute Gasteiger partial charge is 0.303 e. The molecule has 0 aliphatic carbocycles. The zero-order valence-corrected chi connectivity index (χ0v) is 10.8. The number of aliphatic carboxylic acids is 1. The Hall–Kier alpha value is -2.25. The predicted molar refractivity (Wildman–Crippen MR) is 65.3 cm³/mol. The predicted octanol–water partition coefficient (Wildman–Crippen LogP) is 0.590. The van der Waals surface area contributed by atoms with Gasteiger partial charge >= 0.3 is 5.97 Å². The molecule has 0 aliphatic heterocycles. The number of carboxylic acids is 1. The van der Waals surface area contributed by atoms with Gasteiger partial charge in [0.2, 0.25) is 0 Å². The Balaban J connectivity index is 2.11. The van der Waals surface area contributed by atoms with Crippen LogP contribution in [0, 0.1) is 5.92 Å². The van der Waals surface area contributed by atoms with E-state index in [4.69, 9.17) is 5.11 Å². The zero-order valence-electron chi connectivity index (χ0n) is 10.8. The lowest BCUT2D eigenvalue weighted by molar-refractivity contribution is -0.138. The quantitative estimate of drug-likeness (QED) is 0.819. The first-order valence-electron chi connectivity index (χ1n) is 6.05. The lowest BCUT2D eigenvalue weighted by Gasteiger charge is -2.14. The molecule has 2 atom stereocenters. The van der Waals surface area contributed by atoms with Crippen molar-refractivity contribution in [2.75, 3.05) is 0 Å². The van der Waals surface area contributed by atoms with E-state index in [1.54, 1.807) is 15.6 Å². The fraction of sp³-hybridized carbons (Fsp3) is 0.545. The molecule has 0 fully saturated rings. The summed E-state index contributed by atoms with van der Waals surface area (Å²) in [5, 5.41) is 24.5. The van der Waals surface area contributed by atoms with Crippen LogP contribution in [0.25, 0.3) is 0 Å². The van der Waals surface area contributed by atoms with Gasteiger partial charge in [-0.25, -0.2) is 4.68 Å². The maximum atomic E-state index is 10.7. The summed E-state index contributed by atoms with van der Waals surface area (Å²) >= 11 is 0. The molecule has 1 N–H and O–H groups in total. The highest BCUT2D eigenvalue weighted by molar-refractivity contribution is 5.66. The number of tetrazole rings is 1. The summed E-state index contributed by atoms with van der Waals surface area (Å²) < 4.78 is 3.39. The highest BCUT2D eigenvalue weighted by Crippen LogP contribution is 2.15. The number of rotatable bonds is 6. The molecule has 0 radical (unpaired) electrons. The van der Waals surface area contributed by atoms with Gasteiger partial charge in [-0.3, -0.25) is 9.48 Å². The van der Waals surface area contributed by atoms with E-state index >= 15 is 0 Å². The lowest BCUT2D eigenvalue weighted by atomic mass is 10.1. The van der Waals surface area contributed by atoms with Crippen LogP contribution in [0.2, 0.25) is 0 Å². The lowest BCUT2D eigenvalue weighted by Crippen LogP contribution is -2.19. The van der Waals surface area contributed by atoms with Crippen molar-refractivity contribution in [1.29, 1.82) is 0 Å². The maximum Gasteiger partial charge on any atom is 0.303 e. The minimum absolute atomic E-state index is 0.0374. The van der Waals surface area contributed by atoms with Crippen LogP contribution < -0.4 is 0 Å². The molecule has 0 spiro atoms. The van der Waals surface area contributed by atoms with Gasteiger partial charge in [0.05, 0.1) is 0 Å². The molecule has 2 aromatic rings. The third-order valence-electron chi connectivity index (χ3n) is 2.86. The highest BCUT2D eigenvalue weighted by atomic mass is 16.4. The van der Waals surface area contributed by atoms with Gasteiger partial charge in [0.25, 0.3) is 0 Å². The van der Waals surface area contributed by atoms with Crippen molar-refractivity contribution in [2.45, 2.75) is 32.9 Å². The van der Waals surface area contributed by atoms with Crippen LogP contribution in [-0.2, 0) is 11.3 Å². The average Bonchev–Trinajstić information content (AvgIpc) is 2.96. The third-order valence-corrected chi connectivity index (χ3v) is 2.86. The van der Waals surface area contributed by atoms with E-state index in [2.05, 4.69) is 20.6 Å². The minimum Gasteiger partial charge on any atom is -0.481 e. The summed E-state index contributed by atoms with van der Waals surface area (Å²) in [4.78, 5) is 10.7. The second-order valence-electron chi connectivity index (χ2n) is 4.58. The Kier molecular flexibility index (Phi) is 3.88. The monoisotopic (exact) mass is 264 g/mol. The second kappa shape index (κ2) is 5.59. The van der Waals surface area contributed by atoms with Crippen LogP contribution in [0.5, 0.6) is 0 Å². The molecular weight excluding hydrogens is 248 g/mol. The summed E-state index contributed by atoms with van der Waals surface area (Å²) in [7, 11) is 0. The first-order valence-corrected chi connectivity index (χ1v) is 6.05. The Morgan fingerprint density at radius 1 is 1.47 bits per heavy atom. The molecule has 0 bridgehead atoms. The molecule has 19 heavy (non-hydrogen) atoms. The van der Waals surface area contributed by atoms with Gasteiger partial charge in [-0.1, -0.05) is 6.92 Å². The maximum absolute atomic E-state index is 10.7. The van der Waals surface area contributed by atoms with Gasteiger partial charge in [-0.15, -0.1) is 5.10 Å². The van der Waals surface area contributed by atoms with Crippen molar-refractivity contribution >= 4 is 5.97 Å². The fourth-order valence-electron chi connectivity index (χ4n) is 1.93. The van der Waals surface area contributed by atoms with Gasteiger partial charge < -0.3 is 5.11 Å². The largest absolute Gasteiger partial charge is 0.481 e. The second-order valence-corrected chi connectivity index (χ2v) is 4.58. The first-order chi connectivity index (χ1) is 9.08. The number of carbonyl (C=O) groups is 1. The third kappa shape index (κ3) is 3.15. The first kappa shape index (κ1) is 13.2. The Morgan fingerprint density at radius 3 is 2.89 bits per heavy atom. The van der Waals surface area contributed by atoms with Gasteiger partial charge in [0, 0.05) is 25.4 Å². The normalized spacial score (nSPS) is 14.2. The Morgan fingerprint density at radius 2 is 2.26 bits per heavy atom. The van der Waals surface area contributed by atoms with Crippen molar-refractivity contribution in [2.24, 2.45) is 5.92 Å². The van der Waals surface area contributed by atoms with Crippen molar-refractivity contribution in [3.05, 3.63) is 24.3 Å². The molecule has 8 nitrogen and oxygen atoms in total. The number of nitrogens with zero attached hydrogens (tertiary/aromatic N) is 6. The van der Waals surface area contributed by atoms with Gasteiger partial charge in [0.15, 0.2) is 5.82 Å². The summed E-state index contributed by atoms with van der Waals surface area (Å²) in [6.07, 6.45) is 3.62. The number of hydrogen-bond acceptors (Lipinski definition) is 5.